The second-order valence-electron chi connectivity index (χ2n) is 4.81. The SMILES string of the molecule is O=C(O)C1(Nc2ccc(Cl)cc2)COc2cc(O)ccc21. The number of phenols is 1. The number of hydrogen-bond donors (Lipinski definition) is 3. The molecule has 1 atom stereocenters. The predicted molar refractivity (Wildman–Crippen MR) is 78.0 cm³/mol. The molecule has 21 heavy (non-hydrogen) atoms. The van der Waals surface area contributed by atoms with Gasteiger partial charge in [-0.2, -0.15) is 0 Å². The number of aliphatic carboxylic acids is 1. The van der Waals surface area contributed by atoms with Gasteiger partial charge in [-0.25, -0.2) is 4.79 Å². The number of hydrogen-bond acceptors (Lipinski definition) is 4. The van der Waals surface area contributed by atoms with E-state index in [2.05, 4.69) is 5.32 Å². The third kappa shape index (κ3) is 2.25. The number of phenolic OH excluding ortho intramolecular Hbond substituents is 1. The van der Waals surface area contributed by atoms with Crippen molar-refractivity contribution in [2.75, 3.05) is 11.9 Å². The van der Waals surface area contributed by atoms with Gasteiger partial charge in [-0.3, -0.25) is 0 Å². The average Bonchev–Trinajstić information content (AvgIpc) is 2.81. The number of benzene rings is 2. The summed E-state index contributed by atoms with van der Waals surface area (Å²) in [6.45, 7) is -0.0657. The maximum Gasteiger partial charge on any atom is 0.337 e. The maximum atomic E-state index is 11.8. The number of halogens is 1. The van der Waals surface area contributed by atoms with E-state index in [1.54, 1.807) is 30.3 Å². The van der Waals surface area contributed by atoms with Crippen LogP contribution in [0.15, 0.2) is 42.5 Å². The summed E-state index contributed by atoms with van der Waals surface area (Å²) in [5.41, 5.74) is -0.300. The molecule has 1 aliphatic heterocycles. The molecule has 2 aromatic carbocycles. The van der Waals surface area contributed by atoms with E-state index in [0.29, 0.717) is 22.0 Å². The molecule has 3 N–H and O–H groups in total. The van der Waals surface area contributed by atoms with Gasteiger partial charge >= 0.3 is 5.97 Å². The van der Waals surface area contributed by atoms with Gasteiger partial charge in [-0.15, -0.1) is 0 Å². The van der Waals surface area contributed by atoms with Crippen LogP contribution >= 0.6 is 11.6 Å². The highest BCUT2D eigenvalue weighted by Gasteiger charge is 2.48. The molecule has 0 saturated heterocycles. The van der Waals surface area contributed by atoms with Gasteiger partial charge in [-0.05, 0) is 36.4 Å². The Balaban J connectivity index is 2.03. The Morgan fingerprint density at radius 3 is 2.62 bits per heavy atom. The minimum Gasteiger partial charge on any atom is -0.508 e. The molecule has 0 saturated carbocycles. The van der Waals surface area contributed by atoms with Crippen molar-refractivity contribution in [2.45, 2.75) is 5.54 Å². The van der Waals surface area contributed by atoms with Gasteiger partial charge in [0, 0.05) is 22.3 Å². The zero-order chi connectivity index (χ0) is 15.0. The number of aromatic hydroxyl groups is 1. The first-order valence-electron chi connectivity index (χ1n) is 6.25. The van der Waals surface area contributed by atoms with Crippen LogP contribution in [0.25, 0.3) is 0 Å². The van der Waals surface area contributed by atoms with E-state index in [-0.39, 0.29) is 12.4 Å². The molecule has 0 fully saturated rings. The van der Waals surface area contributed by atoms with Gasteiger partial charge in [0.05, 0.1) is 0 Å². The third-order valence-electron chi connectivity index (χ3n) is 3.44. The van der Waals surface area contributed by atoms with Crippen molar-refractivity contribution in [3.8, 4) is 11.5 Å². The van der Waals surface area contributed by atoms with Crippen molar-refractivity contribution in [3.63, 3.8) is 0 Å². The van der Waals surface area contributed by atoms with Gasteiger partial charge in [0.1, 0.15) is 18.1 Å². The number of rotatable bonds is 3. The molecule has 0 aromatic heterocycles. The van der Waals surface area contributed by atoms with Gasteiger partial charge in [0.15, 0.2) is 5.54 Å². The second-order valence-corrected chi connectivity index (χ2v) is 5.25. The summed E-state index contributed by atoms with van der Waals surface area (Å²) in [6, 6.07) is 11.1. The first kappa shape index (κ1) is 13.6. The van der Waals surface area contributed by atoms with Crippen LogP contribution in [0.3, 0.4) is 0 Å². The molecule has 1 unspecified atom stereocenters. The number of carboxylic acids is 1. The molecule has 6 heteroatoms. The molecule has 0 aliphatic carbocycles. The lowest BCUT2D eigenvalue weighted by molar-refractivity contribution is -0.143. The lowest BCUT2D eigenvalue weighted by Crippen LogP contribution is -2.45. The molecular weight excluding hydrogens is 294 g/mol. The van der Waals surface area contributed by atoms with Crippen LogP contribution in [0, 0.1) is 0 Å². The molecule has 1 heterocycles. The molecule has 0 spiro atoms. The monoisotopic (exact) mass is 305 g/mol. The zero-order valence-corrected chi connectivity index (χ0v) is 11.6. The summed E-state index contributed by atoms with van der Waals surface area (Å²) in [4.78, 5) is 11.8. The highest BCUT2D eigenvalue weighted by molar-refractivity contribution is 6.30. The molecule has 3 rings (SSSR count). The van der Waals surface area contributed by atoms with Gasteiger partial charge in [0.25, 0.3) is 0 Å². The number of anilines is 1. The zero-order valence-electron chi connectivity index (χ0n) is 10.8. The summed E-state index contributed by atoms with van der Waals surface area (Å²) in [5, 5.41) is 22.7. The Kier molecular flexibility index (Phi) is 3.14. The summed E-state index contributed by atoms with van der Waals surface area (Å²) < 4.78 is 5.42. The second kappa shape index (κ2) is 4.86. The van der Waals surface area contributed by atoms with Gasteiger partial charge < -0.3 is 20.3 Å². The van der Waals surface area contributed by atoms with Crippen molar-refractivity contribution in [2.24, 2.45) is 0 Å². The third-order valence-corrected chi connectivity index (χ3v) is 3.69. The molecule has 2 aromatic rings. The number of fused-ring (bicyclic) bond motifs is 1. The fourth-order valence-electron chi connectivity index (χ4n) is 2.36. The first-order valence-corrected chi connectivity index (χ1v) is 6.62. The fourth-order valence-corrected chi connectivity index (χ4v) is 2.49. The summed E-state index contributed by atoms with van der Waals surface area (Å²) in [7, 11) is 0. The Bertz CT molecular complexity index is 701. The minimum atomic E-state index is -1.39. The molecule has 0 amide bonds. The van der Waals surface area contributed by atoms with E-state index in [0.717, 1.165) is 0 Å². The van der Waals surface area contributed by atoms with Crippen molar-refractivity contribution < 1.29 is 19.7 Å². The van der Waals surface area contributed by atoms with Crippen molar-refractivity contribution >= 4 is 23.3 Å². The standard InChI is InChI=1S/C15H12ClNO4/c16-9-1-3-10(4-2-9)17-15(14(19)20)8-21-13-7-11(18)5-6-12(13)15/h1-7,17-18H,8H2,(H,19,20). The lowest BCUT2D eigenvalue weighted by Gasteiger charge is -2.25. The topological polar surface area (TPSA) is 78.8 Å². The van der Waals surface area contributed by atoms with Crippen LogP contribution in [0.1, 0.15) is 5.56 Å². The van der Waals surface area contributed by atoms with E-state index < -0.39 is 11.5 Å². The van der Waals surface area contributed by atoms with Crippen LogP contribution in [-0.4, -0.2) is 22.8 Å². The van der Waals surface area contributed by atoms with Crippen LogP contribution < -0.4 is 10.1 Å². The van der Waals surface area contributed by atoms with Gasteiger partial charge in [-0.1, -0.05) is 11.6 Å². The van der Waals surface area contributed by atoms with Crippen molar-refractivity contribution in [1.82, 2.24) is 0 Å². The normalized spacial score (nSPS) is 19.7. The van der Waals surface area contributed by atoms with Crippen molar-refractivity contribution in [1.29, 1.82) is 0 Å². The van der Waals surface area contributed by atoms with E-state index in [9.17, 15) is 15.0 Å². The summed E-state index contributed by atoms with van der Waals surface area (Å²) in [6.07, 6.45) is 0. The number of nitrogens with one attached hydrogen (secondary N) is 1. The van der Waals surface area contributed by atoms with Crippen LogP contribution in [0.2, 0.25) is 5.02 Å². The lowest BCUT2D eigenvalue weighted by atomic mass is 9.91. The summed E-state index contributed by atoms with van der Waals surface area (Å²) in [5.74, 6) is -0.665. The smallest absolute Gasteiger partial charge is 0.337 e. The molecule has 108 valence electrons. The highest BCUT2D eigenvalue weighted by atomic mass is 35.5. The Morgan fingerprint density at radius 1 is 1.24 bits per heavy atom. The van der Waals surface area contributed by atoms with Crippen LogP contribution in [-0.2, 0) is 10.3 Å². The fraction of sp³-hybridized carbons (Fsp3) is 0.133. The molecular formula is C15H12ClNO4. The average molecular weight is 306 g/mol. The quantitative estimate of drug-likeness (QED) is 0.812. The van der Waals surface area contributed by atoms with Crippen LogP contribution in [0.5, 0.6) is 11.5 Å². The number of ether oxygens (including phenoxy) is 1. The molecule has 1 aliphatic rings. The van der Waals surface area contributed by atoms with E-state index in [1.165, 1.54) is 12.1 Å². The Labute approximate surface area is 125 Å². The van der Waals surface area contributed by atoms with E-state index >= 15 is 0 Å². The van der Waals surface area contributed by atoms with E-state index in [4.69, 9.17) is 16.3 Å². The Hall–Kier alpha value is -2.40. The molecule has 5 nitrogen and oxygen atoms in total. The summed E-state index contributed by atoms with van der Waals surface area (Å²) >= 11 is 5.83. The van der Waals surface area contributed by atoms with Crippen molar-refractivity contribution in [3.05, 3.63) is 53.1 Å². The largest absolute Gasteiger partial charge is 0.508 e. The minimum absolute atomic E-state index is 0.0291. The van der Waals surface area contributed by atoms with E-state index in [1.807, 2.05) is 0 Å². The number of carbonyl (C=O) groups is 1. The highest BCUT2D eigenvalue weighted by Crippen LogP contribution is 2.41. The Morgan fingerprint density at radius 2 is 1.95 bits per heavy atom. The van der Waals surface area contributed by atoms with Gasteiger partial charge in [0.2, 0.25) is 0 Å². The molecule has 0 bridgehead atoms. The maximum absolute atomic E-state index is 11.8. The predicted octanol–water partition coefficient (Wildman–Crippen LogP) is 2.83. The molecule has 0 radical (unpaired) electrons. The number of carboxylic acid groups (broad SMARTS) is 1. The van der Waals surface area contributed by atoms with Crippen LogP contribution in [0.4, 0.5) is 5.69 Å². The first-order chi connectivity index (χ1) is 10.0.